The number of primary amides is 1. The minimum absolute atomic E-state index is 0.0815. The van der Waals surface area contributed by atoms with Crippen molar-refractivity contribution in [2.24, 2.45) is 5.73 Å². The van der Waals surface area contributed by atoms with Gasteiger partial charge in [-0.25, -0.2) is 9.67 Å². The van der Waals surface area contributed by atoms with Crippen molar-refractivity contribution in [1.82, 2.24) is 24.9 Å². The van der Waals surface area contributed by atoms with Gasteiger partial charge in [0.1, 0.15) is 6.54 Å². The monoisotopic (exact) mass is 348 g/mol. The highest BCUT2D eigenvalue weighted by Crippen LogP contribution is 2.29. The fourth-order valence-electron chi connectivity index (χ4n) is 2.83. The molecule has 2 aromatic rings. The first-order valence-electron chi connectivity index (χ1n) is 7.98. The van der Waals surface area contributed by atoms with Gasteiger partial charge in [-0.3, -0.25) is 9.59 Å². The van der Waals surface area contributed by atoms with E-state index in [1.807, 2.05) is 0 Å². The van der Waals surface area contributed by atoms with Crippen LogP contribution in [-0.2, 0) is 17.8 Å². The van der Waals surface area contributed by atoms with Gasteiger partial charge in [-0.05, 0) is 19.3 Å². The third-order valence-corrected chi connectivity index (χ3v) is 5.12. The molecular weight excluding hydrogens is 328 g/mol. The Balaban J connectivity index is 1.68. The third kappa shape index (κ3) is 3.61. The van der Waals surface area contributed by atoms with E-state index in [-0.39, 0.29) is 24.1 Å². The molecule has 0 spiro atoms. The second kappa shape index (κ2) is 7.08. The Bertz CT molecular complexity index is 740. The lowest BCUT2D eigenvalue weighted by molar-refractivity contribution is -0.118. The van der Waals surface area contributed by atoms with E-state index in [2.05, 4.69) is 27.6 Å². The van der Waals surface area contributed by atoms with Gasteiger partial charge in [-0.1, -0.05) is 12.1 Å². The van der Waals surface area contributed by atoms with Gasteiger partial charge in [-0.15, -0.1) is 16.4 Å². The molecule has 1 fully saturated rings. The van der Waals surface area contributed by atoms with Crippen molar-refractivity contribution in [2.75, 3.05) is 13.1 Å². The van der Waals surface area contributed by atoms with Crippen LogP contribution in [0.2, 0.25) is 0 Å². The van der Waals surface area contributed by atoms with Crippen LogP contribution in [0, 0.1) is 0 Å². The Hall–Kier alpha value is -2.29. The molecule has 2 N–H and O–H groups in total. The minimum Gasteiger partial charge on any atom is -0.368 e. The number of likely N-dealkylation sites (tertiary alicyclic amines) is 1. The lowest BCUT2D eigenvalue weighted by atomic mass is 9.98. The third-order valence-electron chi connectivity index (χ3n) is 4.07. The standard InChI is InChI=1S/C15H20N6O2S/c1-2-11-9-24-14(17-11)10-4-3-5-20(6-10)15(23)12-7-21(19-18-12)8-13(16)22/h7,9-10H,2-6,8H2,1H3,(H2,16,22)/t10-/m0/s1. The summed E-state index contributed by atoms with van der Waals surface area (Å²) in [5.41, 5.74) is 6.47. The molecule has 0 saturated carbocycles. The number of nitrogens with zero attached hydrogens (tertiary/aromatic N) is 5. The summed E-state index contributed by atoms with van der Waals surface area (Å²) in [5.74, 6) is -0.413. The molecular formula is C15H20N6O2S. The molecule has 0 radical (unpaired) electrons. The lowest BCUT2D eigenvalue weighted by Gasteiger charge is -2.31. The largest absolute Gasteiger partial charge is 0.368 e. The number of carbonyl (C=O) groups excluding carboxylic acids is 2. The van der Waals surface area contributed by atoms with Crippen LogP contribution in [-0.4, -0.2) is 49.8 Å². The molecule has 0 aliphatic carbocycles. The Morgan fingerprint density at radius 2 is 2.29 bits per heavy atom. The van der Waals surface area contributed by atoms with E-state index in [9.17, 15) is 9.59 Å². The van der Waals surface area contributed by atoms with Crippen molar-refractivity contribution in [3.05, 3.63) is 28.0 Å². The molecule has 1 atom stereocenters. The van der Waals surface area contributed by atoms with E-state index in [1.165, 1.54) is 10.9 Å². The summed E-state index contributed by atoms with van der Waals surface area (Å²) in [4.78, 5) is 30.0. The van der Waals surface area contributed by atoms with E-state index in [0.29, 0.717) is 13.1 Å². The zero-order valence-corrected chi connectivity index (χ0v) is 14.3. The topological polar surface area (TPSA) is 107 Å². The van der Waals surface area contributed by atoms with E-state index in [0.717, 1.165) is 30.0 Å². The summed E-state index contributed by atoms with van der Waals surface area (Å²) >= 11 is 1.67. The number of piperidine rings is 1. The predicted molar refractivity (Wildman–Crippen MR) is 88.6 cm³/mol. The van der Waals surface area contributed by atoms with Crippen molar-refractivity contribution in [1.29, 1.82) is 0 Å². The average Bonchev–Trinajstić information content (AvgIpc) is 3.23. The van der Waals surface area contributed by atoms with Crippen LogP contribution in [0.4, 0.5) is 0 Å². The Morgan fingerprint density at radius 3 is 3.00 bits per heavy atom. The maximum absolute atomic E-state index is 12.6. The lowest BCUT2D eigenvalue weighted by Crippen LogP contribution is -2.39. The molecule has 2 amide bonds. The number of aromatic nitrogens is 4. The Morgan fingerprint density at radius 1 is 1.46 bits per heavy atom. The number of amides is 2. The first-order chi connectivity index (χ1) is 11.6. The average molecular weight is 348 g/mol. The fourth-order valence-corrected chi connectivity index (χ4v) is 3.86. The maximum Gasteiger partial charge on any atom is 0.276 e. The van der Waals surface area contributed by atoms with Crippen LogP contribution in [0.25, 0.3) is 0 Å². The van der Waals surface area contributed by atoms with E-state index in [1.54, 1.807) is 16.2 Å². The quantitative estimate of drug-likeness (QED) is 0.860. The summed E-state index contributed by atoms with van der Waals surface area (Å²) in [6.07, 6.45) is 4.37. The SMILES string of the molecule is CCc1csc([C@H]2CCCN(C(=O)c3cn(CC(N)=O)nn3)C2)n1. The van der Waals surface area contributed by atoms with Gasteiger partial charge < -0.3 is 10.6 Å². The first kappa shape index (κ1) is 16.6. The normalized spacial score (nSPS) is 17.9. The van der Waals surface area contributed by atoms with Crippen LogP contribution < -0.4 is 5.73 Å². The van der Waals surface area contributed by atoms with Crippen molar-refractivity contribution in [3.63, 3.8) is 0 Å². The van der Waals surface area contributed by atoms with Gasteiger partial charge in [0.15, 0.2) is 5.69 Å². The molecule has 0 aromatic carbocycles. The van der Waals surface area contributed by atoms with Crippen molar-refractivity contribution in [2.45, 2.75) is 38.6 Å². The molecule has 0 unspecified atom stereocenters. The van der Waals surface area contributed by atoms with Crippen molar-refractivity contribution >= 4 is 23.2 Å². The molecule has 2 aromatic heterocycles. The van der Waals surface area contributed by atoms with Crippen LogP contribution in [0.3, 0.4) is 0 Å². The number of thiazole rings is 1. The molecule has 0 bridgehead atoms. The molecule has 1 saturated heterocycles. The van der Waals surface area contributed by atoms with Crippen molar-refractivity contribution < 1.29 is 9.59 Å². The number of hydrogen-bond donors (Lipinski definition) is 1. The van der Waals surface area contributed by atoms with E-state index in [4.69, 9.17) is 5.73 Å². The van der Waals surface area contributed by atoms with Gasteiger partial charge >= 0.3 is 0 Å². The Labute approximate surface area is 143 Å². The molecule has 1 aliphatic rings. The highest BCUT2D eigenvalue weighted by Gasteiger charge is 2.28. The molecule has 9 heteroatoms. The van der Waals surface area contributed by atoms with Crippen LogP contribution in [0.15, 0.2) is 11.6 Å². The van der Waals surface area contributed by atoms with Gasteiger partial charge in [0.05, 0.1) is 16.9 Å². The summed E-state index contributed by atoms with van der Waals surface area (Å²) in [7, 11) is 0. The number of nitrogens with two attached hydrogens (primary N) is 1. The van der Waals surface area contributed by atoms with Gasteiger partial charge in [0.25, 0.3) is 5.91 Å². The molecule has 128 valence electrons. The van der Waals surface area contributed by atoms with E-state index < -0.39 is 5.91 Å². The fraction of sp³-hybridized carbons (Fsp3) is 0.533. The first-order valence-corrected chi connectivity index (χ1v) is 8.86. The maximum atomic E-state index is 12.6. The van der Waals surface area contributed by atoms with Crippen LogP contribution in [0.1, 0.15) is 46.9 Å². The second-order valence-corrected chi connectivity index (χ2v) is 6.78. The number of rotatable bonds is 5. The smallest absolute Gasteiger partial charge is 0.276 e. The summed E-state index contributed by atoms with van der Waals surface area (Å²) in [6, 6.07) is 0. The number of aryl methyl sites for hydroxylation is 1. The Kier molecular flexibility index (Phi) is 4.89. The summed E-state index contributed by atoms with van der Waals surface area (Å²) in [6.45, 7) is 3.34. The molecule has 3 heterocycles. The van der Waals surface area contributed by atoms with Gasteiger partial charge in [0.2, 0.25) is 5.91 Å². The van der Waals surface area contributed by atoms with Gasteiger partial charge in [-0.2, -0.15) is 0 Å². The zero-order valence-electron chi connectivity index (χ0n) is 13.5. The number of carbonyl (C=O) groups is 2. The van der Waals surface area contributed by atoms with Gasteiger partial charge in [0, 0.05) is 24.4 Å². The van der Waals surface area contributed by atoms with Crippen molar-refractivity contribution in [3.8, 4) is 0 Å². The van der Waals surface area contributed by atoms with Crippen LogP contribution >= 0.6 is 11.3 Å². The highest BCUT2D eigenvalue weighted by atomic mass is 32.1. The predicted octanol–water partition coefficient (Wildman–Crippen LogP) is 0.802. The molecule has 8 nitrogen and oxygen atoms in total. The van der Waals surface area contributed by atoms with Crippen LogP contribution in [0.5, 0.6) is 0 Å². The highest BCUT2D eigenvalue weighted by molar-refractivity contribution is 7.09. The minimum atomic E-state index is -0.521. The molecule has 3 rings (SSSR count). The second-order valence-electron chi connectivity index (χ2n) is 5.89. The number of hydrogen-bond acceptors (Lipinski definition) is 6. The zero-order chi connectivity index (χ0) is 17.1. The summed E-state index contributed by atoms with van der Waals surface area (Å²) < 4.78 is 1.28. The molecule has 24 heavy (non-hydrogen) atoms. The molecule has 1 aliphatic heterocycles. The summed E-state index contributed by atoms with van der Waals surface area (Å²) in [5, 5.41) is 10.8. The van der Waals surface area contributed by atoms with E-state index >= 15 is 0 Å².